The SMILES string of the molecule is CCOCCOC(C)C(=O)N1CCC(C)CC1CN.Cl. The summed E-state index contributed by atoms with van der Waals surface area (Å²) in [7, 11) is 0. The van der Waals surface area contributed by atoms with Gasteiger partial charge in [-0.3, -0.25) is 4.79 Å². The van der Waals surface area contributed by atoms with Crippen LogP contribution in [0.3, 0.4) is 0 Å². The third-order valence-corrected chi connectivity index (χ3v) is 3.68. The second kappa shape index (κ2) is 10.4. The van der Waals surface area contributed by atoms with Crippen LogP contribution in [0, 0.1) is 5.92 Å². The van der Waals surface area contributed by atoms with Crippen molar-refractivity contribution in [3.05, 3.63) is 0 Å². The molecule has 1 amide bonds. The fourth-order valence-corrected chi connectivity index (χ4v) is 2.50. The lowest BCUT2D eigenvalue weighted by atomic mass is 9.92. The first-order valence-electron chi connectivity index (χ1n) is 7.30. The molecular formula is C14H29ClN2O3. The summed E-state index contributed by atoms with van der Waals surface area (Å²) in [5.74, 6) is 0.700. The standard InChI is InChI=1S/C14H28N2O3.ClH/c1-4-18-7-8-19-12(3)14(17)16-6-5-11(2)9-13(16)10-15;/h11-13H,4-10,15H2,1-3H3;1H. The first-order valence-corrected chi connectivity index (χ1v) is 7.30. The molecule has 120 valence electrons. The highest BCUT2D eigenvalue weighted by molar-refractivity contribution is 5.85. The molecule has 20 heavy (non-hydrogen) atoms. The van der Waals surface area contributed by atoms with E-state index < -0.39 is 6.10 Å². The fraction of sp³-hybridized carbons (Fsp3) is 0.929. The largest absolute Gasteiger partial charge is 0.379 e. The zero-order valence-corrected chi connectivity index (χ0v) is 13.7. The molecular weight excluding hydrogens is 280 g/mol. The molecule has 3 atom stereocenters. The molecule has 0 aromatic rings. The number of hydrogen-bond donors (Lipinski definition) is 1. The van der Waals surface area contributed by atoms with Gasteiger partial charge in [0.2, 0.25) is 0 Å². The molecule has 2 N–H and O–H groups in total. The Morgan fingerprint density at radius 3 is 2.75 bits per heavy atom. The van der Waals surface area contributed by atoms with E-state index in [1.54, 1.807) is 6.92 Å². The third kappa shape index (κ3) is 5.95. The van der Waals surface area contributed by atoms with E-state index >= 15 is 0 Å². The molecule has 1 aliphatic heterocycles. The molecule has 0 aromatic heterocycles. The molecule has 1 saturated heterocycles. The maximum atomic E-state index is 12.3. The lowest BCUT2D eigenvalue weighted by Gasteiger charge is -2.39. The van der Waals surface area contributed by atoms with Crippen LogP contribution in [0.15, 0.2) is 0 Å². The van der Waals surface area contributed by atoms with E-state index in [-0.39, 0.29) is 24.4 Å². The Balaban J connectivity index is 0.00000361. The molecule has 6 heteroatoms. The van der Waals surface area contributed by atoms with Gasteiger partial charge in [-0.25, -0.2) is 0 Å². The van der Waals surface area contributed by atoms with Gasteiger partial charge in [0.1, 0.15) is 6.10 Å². The quantitative estimate of drug-likeness (QED) is 0.723. The van der Waals surface area contributed by atoms with Crippen LogP contribution < -0.4 is 5.73 Å². The minimum atomic E-state index is -0.414. The lowest BCUT2D eigenvalue weighted by Crippen LogP contribution is -2.52. The second-order valence-corrected chi connectivity index (χ2v) is 5.26. The Hall–Kier alpha value is -0.360. The highest BCUT2D eigenvalue weighted by Gasteiger charge is 2.31. The molecule has 0 spiro atoms. The number of nitrogens with zero attached hydrogens (tertiary/aromatic N) is 1. The monoisotopic (exact) mass is 308 g/mol. The maximum Gasteiger partial charge on any atom is 0.251 e. The van der Waals surface area contributed by atoms with E-state index in [1.165, 1.54) is 0 Å². The van der Waals surface area contributed by atoms with Crippen LogP contribution in [0.2, 0.25) is 0 Å². The number of halogens is 1. The first kappa shape index (κ1) is 19.6. The van der Waals surface area contributed by atoms with Crippen molar-refractivity contribution >= 4 is 18.3 Å². The molecule has 0 aliphatic carbocycles. The van der Waals surface area contributed by atoms with Crippen molar-refractivity contribution in [1.82, 2.24) is 4.90 Å². The summed E-state index contributed by atoms with van der Waals surface area (Å²) in [6.07, 6.45) is 1.63. The van der Waals surface area contributed by atoms with Crippen molar-refractivity contribution < 1.29 is 14.3 Å². The van der Waals surface area contributed by atoms with E-state index in [9.17, 15) is 4.79 Å². The van der Waals surface area contributed by atoms with Crippen molar-refractivity contribution in [2.45, 2.75) is 45.8 Å². The van der Waals surface area contributed by atoms with E-state index in [2.05, 4.69) is 6.92 Å². The van der Waals surface area contributed by atoms with Gasteiger partial charge in [-0.1, -0.05) is 6.92 Å². The zero-order valence-electron chi connectivity index (χ0n) is 12.8. The molecule has 0 radical (unpaired) electrons. The number of likely N-dealkylation sites (tertiary alicyclic amines) is 1. The van der Waals surface area contributed by atoms with Crippen LogP contribution in [0.4, 0.5) is 0 Å². The van der Waals surface area contributed by atoms with Gasteiger partial charge in [0.15, 0.2) is 0 Å². The number of amides is 1. The summed E-state index contributed by atoms with van der Waals surface area (Å²) >= 11 is 0. The number of rotatable bonds is 7. The van der Waals surface area contributed by atoms with Crippen LogP contribution in [0.25, 0.3) is 0 Å². The van der Waals surface area contributed by atoms with Gasteiger partial charge in [-0.05, 0) is 32.6 Å². The highest BCUT2D eigenvalue weighted by atomic mass is 35.5. The average molecular weight is 309 g/mol. The molecule has 1 fully saturated rings. The Morgan fingerprint density at radius 1 is 1.45 bits per heavy atom. The van der Waals surface area contributed by atoms with Crippen LogP contribution >= 0.6 is 12.4 Å². The van der Waals surface area contributed by atoms with Crippen LogP contribution in [0.1, 0.15) is 33.6 Å². The van der Waals surface area contributed by atoms with Gasteiger partial charge in [-0.15, -0.1) is 12.4 Å². The van der Waals surface area contributed by atoms with E-state index in [0.29, 0.717) is 32.3 Å². The van der Waals surface area contributed by atoms with Crippen LogP contribution in [-0.4, -0.2) is 55.9 Å². The van der Waals surface area contributed by atoms with E-state index in [0.717, 1.165) is 19.4 Å². The Bertz CT molecular complexity index is 279. The Kier molecular flexibility index (Phi) is 10.2. The van der Waals surface area contributed by atoms with E-state index in [1.807, 2.05) is 11.8 Å². The smallest absolute Gasteiger partial charge is 0.251 e. The van der Waals surface area contributed by atoms with Crippen molar-refractivity contribution in [3.8, 4) is 0 Å². The van der Waals surface area contributed by atoms with Gasteiger partial charge in [0, 0.05) is 25.7 Å². The molecule has 1 rings (SSSR count). The lowest BCUT2D eigenvalue weighted by molar-refractivity contribution is -0.147. The third-order valence-electron chi connectivity index (χ3n) is 3.68. The number of carbonyl (C=O) groups excluding carboxylic acids is 1. The van der Waals surface area contributed by atoms with Gasteiger partial charge < -0.3 is 20.1 Å². The number of ether oxygens (including phenoxy) is 2. The van der Waals surface area contributed by atoms with Gasteiger partial charge in [0.05, 0.1) is 13.2 Å². The average Bonchev–Trinajstić information content (AvgIpc) is 2.42. The molecule has 3 unspecified atom stereocenters. The highest BCUT2D eigenvalue weighted by Crippen LogP contribution is 2.22. The number of carbonyl (C=O) groups is 1. The summed E-state index contributed by atoms with van der Waals surface area (Å²) in [5, 5.41) is 0. The predicted octanol–water partition coefficient (Wildman–Crippen LogP) is 1.44. The van der Waals surface area contributed by atoms with Gasteiger partial charge >= 0.3 is 0 Å². The normalized spacial score (nSPS) is 24.1. The van der Waals surface area contributed by atoms with Gasteiger partial charge in [-0.2, -0.15) is 0 Å². The molecule has 1 heterocycles. The predicted molar refractivity (Wildman–Crippen MR) is 82.1 cm³/mol. The fourth-order valence-electron chi connectivity index (χ4n) is 2.50. The summed E-state index contributed by atoms with van der Waals surface area (Å²) < 4.78 is 10.7. The van der Waals surface area contributed by atoms with Crippen LogP contribution in [-0.2, 0) is 14.3 Å². The Labute approximate surface area is 128 Å². The molecule has 1 aliphatic rings. The molecule has 0 aromatic carbocycles. The van der Waals surface area contributed by atoms with Crippen molar-refractivity contribution in [3.63, 3.8) is 0 Å². The Morgan fingerprint density at radius 2 is 2.15 bits per heavy atom. The topological polar surface area (TPSA) is 64.8 Å². The summed E-state index contributed by atoms with van der Waals surface area (Å²) in [5.41, 5.74) is 5.78. The first-order chi connectivity index (χ1) is 9.10. The minimum absolute atomic E-state index is 0. The van der Waals surface area contributed by atoms with Gasteiger partial charge in [0.25, 0.3) is 5.91 Å². The summed E-state index contributed by atoms with van der Waals surface area (Å²) in [6, 6.07) is 0.161. The summed E-state index contributed by atoms with van der Waals surface area (Å²) in [4.78, 5) is 14.2. The molecule has 0 saturated carbocycles. The zero-order chi connectivity index (χ0) is 14.3. The maximum absolute atomic E-state index is 12.3. The number of nitrogens with two attached hydrogens (primary N) is 1. The second-order valence-electron chi connectivity index (χ2n) is 5.26. The van der Waals surface area contributed by atoms with Crippen molar-refractivity contribution in [2.24, 2.45) is 11.7 Å². The number of hydrogen-bond acceptors (Lipinski definition) is 4. The molecule has 5 nitrogen and oxygen atoms in total. The minimum Gasteiger partial charge on any atom is -0.379 e. The van der Waals surface area contributed by atoms with Crippen LogP contribution in [0.5, 0.6) is 0 Å². The molecule has 0 bridgehead atoms. The van der Waals surface area contributed by atoms with E-state index in [4.69, 9.17) is 15.2 Å². The van der Waals surface area contributed by atoms with Crippen molar-refractivity contribution in [2.75, 3.05) is 32.9 Å². The summed E-state index contributed by atoms with van der Waals surface area (Å²) in [6.45, 7) is 8.94. The van der Waals surface area contributed by atoms with Crippen molar-refractivity contribution in [1.29, 1.82) is 0 Å². The number of piperidine rings is 1.